The van der Waals surface area contributed by atoms with Crippen molar-refractivity contribution in [3.05, 3.63) is 74.0 Å². The van der Waals surface area contributed by atoms with Gasteiger partial charge in [0.2, 0.25) is 0 Å². The van der Waals surface area contributed by atoms with Crippen LogP contribution in [-0.4, -0.2) is 47.7 Å². The molecule has 1 aliphatic heterocycles. The second-order valence-electron chi connectivity index (χ2n) is 7.08. The molecule has 0 amide bonds. The smallest absolute Gasteiger partial charge is 0.174 e. The fourth-order valence-corrected chi connectivity index (χ4v) is 3.75. The lowest BCUT2D eigenvalue weighted by Crippen LogP contribution is -2.53. The van der Waals surface area contributed by atoms with Crippen LogP contribution in [0.15, 0.2) is 52.8 Å². The Morgan fingerprint density at radius 1 is 1.13 bits per heavy atom. The average molecular weight is 446 g/mol. The molecule has 10 heteroatoms. The minimum Gasteiger partial charge on any atom is -0.479 e. The summed E-state index contributed by atoms with van der Waals surface area (Å²) >= 11 is 6.35. The van der Waals surface area contributed by atoms with Crippen molar-refractivity contribution in [2.75, 3.05) is 13.2 Å². The van der Waals surface area contributed by atoms with E-state index in [1.807, 2.05) is 18.2 Å². The standard InChI is InChI=1S/C21H20ClN3O6/c22-16-6-3-13(21-19(25-29)18(24-28)20(27)17(11-26)31-21)10-14(16)9-12-1-4-15(5-2-12)30-8-7-23/h1-6,10,17-21,26-27H,8-9,11H2. The predicted molar refractivity (Wildman–Crippen MR) is 112 cm³/mol. The maximum atomic E-state index is 11.4. The van der Waals surface area contributed by atoms with Crippen LogP contribution in [0.25, 0.3) is 0 Å². The van der Waals surface area contributed by atoms with Gasteiger partial charge in [-0.05, 0) is 41.3 Å². The Kier molecular flexibility index (Phi) is 7.65. The van der Waals surface area contributed by atoms with Crippen molar-refractivity contribution < 1.29 is 19.7 Å². The van der Waals surface area contributed by atoms with Crippen LogP contribution in [0.1, 0.15) is 22.8 Å². The zero-order valence-electron chi connectivity index (χ0n) is 16.3. The second-order valence-corrected chi connectivity index (χ2v) is 7.49. The van der Waals surface area contributed by atoms with Crippen LogP contribution in [0, 0.1) is 21.1 Å². The number of nitroso groups, excluding NO2 is 2. The maximum Gasteiger partial charge on any atom is 0.174 e. The summed E-state index contributed by atoms with van der Waals surface area (Å²) in [7, 11) is 0. The number of hydrogen-bond acceptors (Lipinski definition) is 9. The van der Waals surface area contributed by atoms with Gasteiger partial charge in [-0.1, -0.05) is 46.2 Å². The Bertz CT molecular complexity index is 965. The van der Waals surface area contributed by atoms with E-state index in [0.717, 1.165) is 11.1 Å². The van der Waals surface area contributed by atoms with Crippen molar-refractivity contribution in [3.8, 4) is 11.8 Å². The van der Waals surface area contributed by atoms with Gasteiger partial charge in [0.05, 0.1) is 6.61 Å². The Morgan fingerprint density at radius 2 is 1.84 bits per heavy atom. The van der Waals surface area contributed by atoms with Crippen LogP contribution in [0.5, 0.6) is 5.75 Å². The van der Waals surface area contributed by atoms with Gasteiger partial charge in [-0.25, -0.2) is 0 Å². The van der Waals surface area contributed by atoms with Gasteiger partial charge in [0.25, 0.3) is 0 Å². The molecule has 31 heavy (non-hydrogen) atoms. The van der Waals surface area contributed by atoms with Crippen LogP contribution in [0.2, 0.25) is 5.02 Å². The van der Waals surface area contributed by atoms with E-state index >= 15 is 0 Å². The Balaban J connectivity index is 1.86. The van der Waals surface area contributed by atoms with E-state index < -0.39 is 37.0 Å². The van der Waals surface area contributed by atoms with Crippen molar-refractivity contribution >= 4 is 11.6 Å². The highest BCUT2D eigenvalue weighted by Crippen LogP contribution is 2.37. The van der Waals surface area contributed by atoms with Crippen molar-refractivity contribution in [1.29, 1.82) is 5.26 Å². The molecule has 0 radical (unpaired) electrons. The third-order valence-electron chi connectivity index (χ3n) is 5.16. The lowest BCUT2D eigenvalue weighted by molar-refractivity contribution is -0.151. The summed E-state index contributed by atoms with van der Waals surface area (Å²) in [4.78, 5) is 22.7. The van der Waals surface area contributed by atoms with Gasteiger partial charge in [-0.15, -0.1) is 0 Å². The fourth-order valence-electron chi connectivity index (χ4n) is 3.57. The lowest BCUT2D eigenvalue weighted by atomic mass is 9.87. The number of aliphatic hydroxyl groups is 2. The minimum atomic E-state index is -1.44. The van der Waals surface area contributed by atoms with Crippen molar-refractivity contribution in [1.82, 2.24) is 0 Å². The van der Waals surface area contributed by atoms with Crippen LogP contribution < -0.4 is 4.74 Å². The summed E-state index contributed by atoms with van der Waals surface area (Å²) in [5.74, 6) is 0.571. The minimum absolute atomic E-state index is 0.0410. The zero-order chi connectivity index (χ0) is 22.4. The van der Waals surface area contributed by atoms with Crippen molar-refractivity contribution in [2.45, 2.75) is 36.8 Å². The number of halogens is 1. The molecule has 1 heterocycles. The largest absolute Gasteiger partial charge is 0.479 e. The zero-order valence-corrected chi connectivity index (χ0v) is 17.1. The highest BCUT2D eigenvalue weighted by atomic mass is 35.5. The number of ether oxygens (including phenoxy) is 2. The Morgan fingerprint density at radius 3 is 2.45 bits per heavy atom. The summed E-state index contributed by atoms with van der Waals surface area (Å²) < 4.78 is 10.9. The number of nitriles is 1. The summed E-state index contributed by atoms with van der Waals surface area (Å²) in [6, 6.07) is 11.5. The monoisotopic (exact) mass is 445 g/mol. The van der Waals surface area contributed by atoms with Crippen LogP contribution in [-0.2, 0) is 11.2 Å². The molecule has 2 aromatic rings. The molecule has 0 bridgehead atoms. The van der Waals surface area contributed by atoms with E-state index in [1.54, 1.807) is 30.3 Å². The summed E-state index contributed by atoms with van der Waals surface area (Å²) in [6.07, 6.45) is -3.03. The molecule has 1 fully saturated rings. The number of nitrogens with zero attached hydrogens (tertiary/aromatic N) is 3. The SMILES string of the molecule is N#CCOc1ccc(Cc2cc(C3OC(CO)C(O)C(N=O)C3N=O)ccc2Cl)cc1. The molecule has 162 valence electrons. The molecule has 2 N–H and O–H groups in total. The summed E-state index contributed by atoms with van der Waals surface area (Å²) in [5.41, 5.74) is 2.19. The molecule has 3 rings (SSSR count). The first-order valence-corrected chi connectivity index (χ1v) is 9.86. The van der Waals surface area contributed by atoms with Gasteiger partial charge in [-0.3, -0.25) is 0 Å². The molecule has 1 aliphatic rings. The fraction of sp³-hybridized carbons (Fsp3) is 0.381. The summed E-state index contributed by atoms with van der Waals surface area (Å²) in [6.45, 7) is -0.587. The average Bonchev–Trinajstić information content (AvgIpc) is 2.79. The molecular formula is C21H20ClN3O6. The van der Waals surface area contributed by atoms with Crippen LogP contribution in [0.3, 0.4) is 0 Å². The van der Waals surface area contributed by atoms with E-state index in [-0.39, 0.29) is 6.61 Å². The lowest BCUT2D eigenvalue weighted by Gasteiger charge is -2.38. The van der Waals surface area contributed by atoms with E-state index in [2.05, 4.69) is 10.4 Å². The van der Waals surface area contributed by atoms with Gasteiger partial charge < -0.3 is 19.7 Å². The molecular weight excluding hydrogens is 426 g/mol. The normalized spacial score (nSPS) is 25.4. The molecule has 1 saturated heterocycles. The van der Waals surface area contributed by atoms with Gasteiger partial charge in [-0.2, -0.15) is 15.1 Å². The predicted octanol–water partition coefficient (Wildman–Crippen LogP) is 2.90. The summed E-state index contributed by atoms with van der Waals surface area (Å²) in [5, 5.41) is 34.5. The van der Waals surface area contributed by atoms with Gasteiger partial charge in [0.1, 0.15) is 36.2 Å². The molecule has 5 unspecified atom stereocenters. The van der Waals surface area contributed by atoms with E-state index in [9.17, 15) is 20.0 Å². The quantitative estimate of drug-likeness (QED) is 0.595. The van der Waals surface area contributed by atoms with Gasteiger partial charge >= 0.3 is 0 Å². The number of aliphatic hydroxyl groups excluding tert-OH is 2. The molecule has 5 atom stereocenters. The highest BCUT2D eigenvalue weighted by molar-refractivity contribution is 6.31. The number of benzene rings is 2. The molecule has 0 spiro atoms. The third-order valence-corrected chi connectivity index (χ3v) is 5.52. The van der Waals surface area contributed by atoms with Crippen molar-refractivity contribution in [2.24, 2.45) is 10.4 Å². The third kappa shape index (κ3) is 5.06. The Labute approximate surface area is 183 Å². The van der Waals surface area contributed by atoms with Crippen LogP contribution >= 0.6 is 11.6 Å². The maximum absolute atomic E-state index is 11.4. The molecule has 2 aromatic carbocycles. The van der Waals surface area contributed by atoms with Gasteiger partial charge in [0.15, 0.2) is 12.6 Å². The topological polar surface area (TPSA) is 142 Å². The van der Waals surface area contributed by atoms with Gasteiger partial charge in [0, 0.05) is 5.02 Å². The van der Waals surface area contributed by atoms with Crippen LogP contribution in [0.4, 0.5) is 0 Å². The second kappa shape index (κ2) is 10.4. The molecule has 0 aromatic heterocycles. The van der Waals surface area contributed by atoms with Crippen molar-refractivity contribution in [3.63, 3.8) is 0 Å². The molecule has 0 saturated carbocycles. The van der Waals surface area contributed by atoms with E-state index in [0.29, 0.717) is 22.8 Å². The highest BCUT2D eigenvalue weighted by Gasteiger charge is 2.48. The molecule has 9 nitrogen and oxygen atoms in total. The Hall–Kier alpha value is -2.90. The first-order chi connectivity index (χ1) is 15.0. The number of hydrogen-bond donors (Lipinski definition) is 2. The molecule has 0 aliphatic carbocycles. The first-order valence-electron chi connectivity index (χ1n) is 9.48. The van der Waals surface area contributed by atoms with E-state index in [1.165, 1.54) is 0 Å². The number of rotatable bonds is 8. The first kappa shape index (κ1) is 22.8. The van der Waals surface area contributed by atoms with E-state index in [4.69, 9.17) is 26.3 Å².